The Balaban J connectivity index is 1.03. The standard InChI is InChI=1S/C58H79NO13/c1-31(2)40-12-14-45-41-13-15-46-51(65)42(40)18-21-57(45,46)39(24-32(41)3)11-17-50(64)70-54-52(66)53-47(59-29-33(4)62)19-22-58(68,72-53)55(54)71-56(67)38(25-35-7-16-48(63)49(27-35)69-5)28-44-37(30-61)10-9-36-8-6-34(20-23-60)26-43(36)44/h6-8,16,18-19,21-22,25-27,31-33,37,39-42,44-47,51-55,59-63,65-66,68H,9-15,17,20,23-24,28-30H2,1-5H3. The maximum atomic E-state index is 15.1. The normalized spacial score (nSPS) is 38.1. The number of esters is 2. The fourth-order valence-corrected chi connectivity index (χ4v) is 15.1. The third-order valence-corrected chi connectivity index (χ3v) is 18.6. The van der Waals surface area contributed by atoms with Crippen molar-refractivity contribution >= 4 is 18.0 Å². The molecule has 7 bridgehead atoms. The SMILES string of the molecule is COc1cc(C=C(CC2c3cc(CCO)ccc3CCC2CO)C(=O)OC2C(OC(=O)CCC3CC(C)C4CCC5C(O)C6C=CC35C4CCC6C(C)C)C(O)C3OC2(O)C=CC3NCC(C)O)ccc1O. The van der Waals surface area contributed by atoms with Crippen LogP contribution in [0.5, 0.6) is 11.5 Å². The summed E-state index contributed by atoms with van der Waals surface area (Å²) in [6, 6.07) is 9.94. The van der Waals surface area contributed by atoms with Crippen molar-refractivity contribution < 1.29 is 64.3 Å². The summed E-state index contributed by atoms with van der Waals surface area (Å²) in [5.41, 5.74) is 3.28. The zero-order valence-electron chi connectivity index (χ0n) is 42.6. The van der Waals surface area contributed by atoms with Gasteiger partial charge in [-0.2, -0.15) is 0 Å². The number of carbonyl (C=O) groups excluding carboxylic acids is 2. The summed E-state index contributed by atoms with van der Waals surface area (Å²) in [7, 11) is 1.42. The topological polar surface area (TPSA) is 225 Å². The molecule has 14 heteroatoms. The van der Waals surface area contributed by atoms with Gasteiger partial charge in [-0.1, -0.05) is 63.3 Å². The number of allylic oxidation sites excluding steroid dienone is 1. The van der Waals surface area contributed by atoms with E-state index in [1.165, 1.54) is 19.3 Å². The van der Waals surface area contributed by atoms with Crippen LogP contribution in [0.15, 0.2) is 66.3 Å². The molecule has 72 heavy (non-hydrogen) atoms. The van der Waals surface area contributed by atoms with Crippen molar-refractivity contribution in [1.82, 2.24) is 5.32 Å². The van der Waals surface area contributed by atoms with Crippen molar-refractivity contribution in [2.75, 3.05) is 26.9 Å². The number of hydrogen-bond donors (Lipinski definition) is 8. The van der Waals surface area contributed by atoms with Crippen LogP contribution in [0.2, 0.25) is 0 Å². The Morgan fingerprint density at radius 2 is 1.75 bits per heavy atom. The van der Waals surface area contributed by atoms with Crippen molar-refractivity contribution in [3.05, 3.63) is 88.5 Å². The minimum Gasteiger partial charge on any atom is -0.504 e. The van der Waals surface area contributed by atoms with Crippen molar-refractivity contribution in [3.8, 4) is 11.5 Å². The van der Waals surface area contributed by atoms with E-state index >= 15 is 4.79 Å². The molecule has 4 fully saturated rings. The molecule has 0 amide bonds. The smallest absolute Gasteiger partial charge is 0.334 e. The van der Waals surface area contributed by atoms with Gasteiger partial charge in [0.15, 0.2) is 23.7 Å². The molecule has 6 aliphatic carbocycles. The number of nitrogens with one attached hydrogen (secondary N) is 1. The number of carbonyl (C=O) groups is 2. The number of phenolic OH excluding ortho intramolecular Hbond substituents is 1. The number of ether oxygens (including phenoxy) is 4. The quantitative estimate of drug-likeness (QED) is 0.0525. The second-order valence-corrected chi connectivity index (χ2v) is 23.0. The number of aryl methyl sites for hydroxylation is 1. The minimum absolute atomic E-state index is 0.00560. The van der Waals surface area contributed by atoms with Crippen LogP contribution in [-0.4, -0.2) is 123 Å². The lowest BCUT2D eigenvalue weighted by Gasteiger charge is -2.66. The number of aliphatic hydroxyl groups is 6. The van der Waals surface area contributed by atoms with Gasteiger partial charge in [0.1, 0.15) is 12.2 Å². The maximum Gasteiger partial charge on any atom is 0.334 e. The molecule has 1 spiro atoms. The number of aliphatic hydroxyl groups excluding tert-OH is 5. The van der Waals surface area contributed by atoms with Crippen molar-refractivity contribution in [2.45, 2.75) is 153 Å². The summed E-state index contributed by atoms with van der Waals surface area (Å²) in [6.45, 7) is 8.41. The van der Waals surface area contributed by atoms with Gasteiger partial charge in [0.2, 0.25) is 5.79 Å². The molecule has 14 nitrogen and oxygen atoms in total. The zero-order chi connectivity index (χ0) is 51.2. The molecular formula is C58H79NO13. The van der Waals surface area contributed by atoms with Crippen molar-refractivity contribution in [3.63, 3.8) is 0 Å². The molecule has 18 atom stereocenters. The van der Waals surface area contributed by atoms with Crippen LogP contribution >= 0.6 is 0 Å². The lowest BCUT2D eigenvalue weighted by molar-refractivity contribution is -0.333. The minimum atomic E-state index is -2.36. The van der Waals surface area contributed by atoms with Gasteiger partial charge < -0.3 is 60.0 Å². The van der Waals surface area contributed by atoms with Gasteiger partial charge in [0.25, 0.3) is 0 Å². The Morgan fingerprint density at radius 3 is 2.49 bits per heavy atom. The fourth-order valence-electron chi connectivity index (χ4n) is 15.1. The molecule has 3 saturated carbocycles. The summed E-state index contributed by atoms with van der Waals surface area (Å²) in [5.74, 6) is -1.89. The highest BCUT2D eigenvalue weighted by Gasteiger charge is 2.64. The summed E-state index contributed by atoms with van der Waals surface area (Å²) in [4.78, 5) is 29.6. The van der Waals surface area contributed by atoms with Gasteiger partial charge in [-0.15, -0.1) is 0 Å². The van der Waals surface area contributed by atoms with Crippen LogP contribution in [0.1, 0.15) is 114 Å². The molecule has 10 rings (SSSR count). The van der Waals surface area contributed by atoms with Crippen molar-refractivity contribution in [1.29, 1.82) is 0 Å². The lowest BCUT2D eigenvalue weighted by Crippen LogP contribution is -2.71. The van der Waals surface area contributed by atoms with E-state index in [0.29, 0.717) is 60.8 Å². The lowest BCUT2D eigenvalue weighted by atomic mass is 9.39. The molecule has 2 aliphatic heterocycles. The largest absolute Gasteiger partial charge is 0.504 e. The van der Waals surface area contributed by atoms with E-state index in [1.807, 2.05) is 18.2 Å². The van der Waals surface area contributed by atoms with Crippen LogP contribution in [0, 0.1) is 58.7 Å². The van der Waals surface area contributed by atoms with E-state index in [-0.39, 0.29) is 84.7 Å². The van der Waals surface area contributed by atoms with E-state index in [0.717, 1.165) is 48.8 Å². The van der Waals surface area contributed by atoms with Crippen LogP contribution in [-0.2, 0) is 36.6 Å². The third-order valence-electron chi connectivity index (χ3n) is 18.6. The summed E-state index contributed by atoms with van der Waals surface area (Å²) in [5, 5.41) is 81.2. The molecule has 0 aromatic heterocycles. The molecule has 0 radical (unpaired) electrons. The summed E-state index contributed by atoms with van der Waals surface area (Å²) < 4.78 is 24.2. The van der Waals surface area contributed by atoms with Crippen LogP contribution in [0.4, 0.5) is 0 Å². The maximum absolute atomic E-state index is 15.1. The van der Waals surface area contributed by atoms with Gasteiger partial charge in [0.05, 0.1) is 25.4 Å². The predicted octanol–water partition coefficient (Wildman–Crippen LogP) is 5.91. The number of rotatable bonds is 17. The average molecular weight is 998 g/mol. The molecule has 2 aromatic carbocycles. The first-order valence-corrected chi connectivity index (χ1v) is 26.9. The third kappa shape index (κ3) is 9.96. The first-order chi connectivity index (χ1) is 34.5. The van der Waals surface area contributed by atoms with Crippen LogP contribution in [0.3, 0.4) is 0 Å². The second kappa shape index (κ2) is 21.6. The first kappa shape index (κ1) is 52.7. The Labute approximate surface area is 424 Å². The van der Waals surface area contributed by atoms with Gasteiger partial charge >= 0.3 is 11.9 Å². The highest BCUT2D eigenvalue weighted by Crippen LogP contribution is 2.68. The Hall–Kier alpha value is -4.12. The molecule has 8 N–H and O–H groups in total. The number of benzene rings is 2. The Kier molecular flexibility index (Phi) is 15.8. The molecule has 2 heterocycles. The van der Waals surface area contributed by atoms with Crippen molar-refractivity contribution in [2.24, 2.45) is 58.7 Å². The molecule has 18 unspecified atom stereocenters. The Morgan fingerprint density at radius 1 is 0.958 bits per heavy atom. The van der Waals surface area contributed by atoms with E-state index in [4.69, 9.17) is 18.9 Å². The molecule has 8 aliphatic rings. The Bertz CT molecular complexity index is 2360. The van der Waals surface area contributed by atoms with Crippen LogP contribution < -0.4 is 10.1 Å². The molecule has 1 saturated heterocycles. The van der Waals surface area contributed by atoms with Gasteiger partial charge in [-0.25, -0.2) is 4.79 Å². The molecule has 394 valence electrons. The van der Waals surface area contributed by atoms with Gasteiger partial charge in [-0.3, -0.25) is 4.79 Å². The number of aromatic hydroxyl groups is 1. The van der Waals surface area contributed by atoms with E-state index < -0.39 is 60.4 Å². The van der Waals surface area contributed by atoms with Crippen LogP contribution in [0.25, 0.3) is 6.08 Å². The number of hydrogen-bond acceptors (Lipinski definition) is 14. The predicted molar refractivity (Wildman–Crippen MR) is 269 cm³/mol. The number of phenols is 1. The highest BCUT2D eigenvalue weighted by atomic mass is 16.7. The second-order valence-electron chi connectivity index (χ2n) is 23.0. The molecule has 2 aromatic rings. The van der Waals surface area contributed by atoms with E-state index in [1.54, 1.807) is 31.2 Å². The van der Waals surface area contributed by atoms with E-state index in [2.05, 4.69) is 38.2 Å². The van der Waals surface area contributed by atoms with Gasteiger partial charge in [0, 0.05) is 37.7 Å². The monoisotopic (exact) mass is 998 g/mol. The zero-order valence-corrected chi connectivity index (χ0v) is 42.6. The summed E-state index contributed by atoms with van der Waals surface area (Å²) in [6.07, 6.45) is 9.43. The number of methoxy groups -OCH3 is 1. The fraction of sp³-hybridized carbons (Fsp3) is 0.655. The van der Waals surface area contributed by atoms with E-state index in [9.17, 15) is 40.5 Å². The highest BCUT2D eigenvalue weighted by molar-refractivity contribution is 5.94. The average Bonchev–Trinajstić information content (AvgIpc) is 3.34. The van der Waals surface area contributed by atoms with Gasteiger partial charge in [-0.05, 0) is 176 Å². The molecular weight excluding hydrogens is 919 g/mol. The summed E-state index contributed by atoms with van der Waals surface area (Å²) >= 11 is 0. The number of fused-ring (bicyclic) bond motifs is 5. The first-order valence-electron chi connectivity index (χ1n) is 26.9.